The molecular weight excluding hydrogens is 449 g/mol. The van der Waals surface area contributed by atoms with Crippen LogP contribution in [0, 0.1) is 0 Å². The van der Waals surface area contributed by atoms with Crippen molar-refractivity contribution in [1.82, 2.24) is 9.97 Å². The van der Waals surface area contributed by atoms with Crippen LogP contribution in [0.5, 0.6) is 5.75 Å². The highest BCUT2D eigenvalue weighted by Gasteiger charge is 2.21. The minimum atomic E-state index is -3.89. The Labute approximate surface area is 143 Å². The highest BCUT2D eigenvalue weighted by atomic mass is 79.9. The maximum absolute atomic E-state index is 12.4. The molecule has 0 aliphatic heterocycles. The normalized spacial score (nSPS) is 11.2. The summed E-state index contributed by atoms with van der Waals surface area (Å²) in [5.41, 5.74) is 0. The van der Waals surface area contributed by atoms with E-state index in [0.717, 1.165) is 0 Å². The number of nitrogens with zero attached hydrogens (tertiary/aromatic N) is 2. The van der Waals surface area contributed by atoms with Crippen LogP contribution in [0.4, 0.5) is 5.82 Å². The smallest absolute Gasteiger partial charge is 0.266 e. The number of methoxy groups -OCH3 is 1. The van der Waals surface area contributed by atoms with Crippen molar-refractivity contribution in [2.24, 2.45) is 0 Å². The molecule has 0 saturated heterocycles. The fourth-order valence-electron chi connectivity index (χ4n) is 1.46. The van der Waals surface area contributed by atoms with Crippen LogP contribution in [0.3, 0.4) is 0 Å². The minimum absolute atomic E-state index is 0.0500. The van der Waals surface area contributed by atoms with Crippen molar-refractivity contribution in [3.8, 4) is 5.75 Å². The molecule has 0 unspecified atom stereocenters. The molecule has 0 radical (unpaired) electrons. The van der Waals surface area contributed by atoms with E-state index in [1.165, 1.54) is 31.5 Å². The van der Waals surface area contributed by atoms with Crippen LogP contribution in [-0.2, 0) is 10.0 Å². The molecule has 2 rings (SSSR count). The van der Waals surface area contributed by atoms with E-state index in [1.807, 2.05) is 0 Å². The Morgan fingerprint density at radius 2 is 2.05 bits per heavy atom. The number of aromatic nitrogens is 2. The zero-order valence-electron chi connectivity index (χ0n) is 10.5. The van der Waals surface area contributed by atoms with Gasteiger partial charge >= 0.3 is 0 Å². The summed E-state index contributed by atoms with van der Waals surface area (Å²) >= 11 is 12.1. The largest absolute Gasteiger partial charge is 0.495 e. The highest BCUT2D eigenvalue weighted by molar-refractivity contribution is 9.11. The van der Waals surface area contributed by atoms with E-state index in [0.29, 0.717) is 9.63 Å². The van der Waals surface area contributed by atoms with E-state index < -0.39 is 10.0 Å². The molecule has 0 aliphatic rings. The maximum Gasteiger partial charge on any atom is 0.266 e. The summed E-state index contributed by atoms with van der Waals surface area (Å²) in [6.45, 7) is 0. The molecule has 6 nitrogen and oxygen atoms in total. The van der Waals surface area contributed by atoms with Gasteiger partial charge in [0.2, 0.25) is 0 Å². The summed E-state index contributed by atoms with van der Waals surface area (Å²) in [5, 5.41) is 0.371. The molecule has 1 aromatic carbocycles. The van der Waals surface area contributed by atoms with Crippen LogP contribution < -0.4 is 9.46 Å². The van der Waals surface area contributed by atoms with Gasteiger partial charge in [0.1, 0.15) is 15.2 Å². The van der Waals surface area contributed by atoms with Gasteiger partial charge in [0.25, 0.3) is 10.0 Å². The van der Waals surface area contributed by atoms with Crippen LogP contribution in [-0.4, -0.2) is 25.5 Å². The van der Waals surface area contributed by atoms with E-state index in [-0.39, 0.29) is 21.1 Å². The van der Waals surface area contributed by atoms with Gasteiger partial charge in [-0.2, -0.15) is 0 Å². The lowest BCUT2D eigenvalue weighted by atomic mass is 10.3. The topological polar surface area (TPSA) is 81.2 Å². The van der Waals surface area contributed by atoms with Gasteiger partial charge in [-0.05, 0) is 44.0 Å². The maximum atomic E-state index is 12.4. The summed E-state index contributed by atoms with van der Waals surface area (Å²) in [7, 11) is -2.53. The Morgan fingerprint density at radius 3 is 2.67 bits per heavy atom. The number of anilines is 1. The number of sulfonamides is 1. The van der Waals surface area contributed by atoms with Crippen LogP contribution >= 0.6 is 43.5 Å². The molecule has 0 bridgehead atoms. The van der Waals surface area contributed by atoms with Crippen LogP contribution in [0.1, 0.15) is 0 Å². The average Bonchev–Trinajstić information content (AvgIpc) is 2.41. The number of halogens is 3. The summed E-state index contributed by atoms with van der Waals surface area (Å²) < 4.78 is 32.9. The van der Waals surface area contributed by atoms with Crippen molar-refractivity contribution in [3.05, 3.63) is 38.6 Å². The van der Waals surface area contributed by atoms with Gasteiger partial charge < -0.3 is 4.74 Å². The Hall–Kier alpha value is -0.900. The SMILES string of the molecule is COc1cc(Cl)ccc1S(=O)(=O)Nc1ncc(Br)nc1Br. The van der Waals surface area contributed by atoms with Gasteiger partial charge in [0.05, 0.1) is 13.3 Å². The molecule has 21 heavy (non-hydrogen) atoms. The van der Waals surface area contributed by atoms with E-state index in [4.69, 9.17) is 16.3 Å². The Kier molecular flexibility index (Phi) is 5.07. The number of benzene rings is 1. The van der Waals surface area contributed by atoms with Crippen molar-refractivity contribution in [3.63, 3.8) is 0 Å². The van der Waals surface area contributed by atoms with Gasteiger partial charge in [-0.15, -0.1) is 0 Å². The van der Waals surface area contributed by atoms with Crippen molar-refractivity contribution in [2.75, 3.05) is 11.8 Å². The van der Waals surface area contributed by atoms with E-state index in [1.54, 1.807) is 0 Å². The Balaban J connectivity index is 2.43. The van der Waals surface area contributed by atoms with Crippen molar-refractivity contribution in [1.29, 1.82) is 0 Å². The average molecular weight is 458 g/mol. The van der Waals surface area contributed by atoms with E-state index >= 15 is 0 Å². The summed E-state index contributed by atoms with van der Waals surface area (Å²) in [6, 6.07) is 4.23. The van der Waals surface area contributed by atoms with E-state index in [9.17, 15) is 8.42 Å². The summed E-state index contributed by atoms with van der Waals surface area (Å²) in [5.74, 6) is 0.200. The predicted molar refractivity (Wildman–Crippen MR) is 86.2 cm³/mol. The van der Waals surface area contributed by atoms with Crippen molar-refractivity contribution < 1.29 is 13.2 Å². The summed E-state index contributed by atoms with van der Waals surface area (Å²) in [6.07, 6.45) is 1.38. The molecule has 0 saturated carbocycles. The monoisotopic (exact) mass is 455 g/mol. The molecule has 2 aromatic rings. The molecule has 0 spiro atoms. The molecule has 1 aromatic heterocycles. The second kappa shape index (κ2) is 6.47. The lowest BCUT2D eigenvalue weighted by Crippen LogP contribution is -2.15. The van der Waals surface area contributed by atoms with Gasteiger partial charge in [-0.25, -0.2) is 18.4 Å². The quantitative estimate of drug-likeness (QED) is 0.761. The number of ether oxygens (including phenoxy) is 1. The molecule has 0 atom stereocenters. The van der Waals surface area contributed by atoms with Gasteiger partial charge in [0.15, 0.2) is 10.4 Å². The molecule has 10 heteroatoms. The number of hydrogen-bond donors (Lipinski definition) is 1. The third kappa shape index (κ3) is 3.85. The second-order valence-corrected chi connectivity index (χ2v) is 7.38. The highest BCUT2D eigenvalue weighted by Crippen LogP contribution is 2.29. The summed E-state index contributed by atoms with van der Waals surface area (Å²) in [4.78, 5) is 7.90. The lowest BCUT2D eigenvalue weighted by molar-refractivity contribution is 0.403. The van der Waals surface area contributed by atoms with Crippen LogP contribution in [0.15, 0.2) is 38.5 Å². The third-order valence-electron chi connectivity index (χ3n) is 2.35. The first kappa shape index (κ1) is 16.5. The minimum Gasteiger partial charge on any atom is -0.495 e. The molecular formula is C11H8Br2ClN3O3S. The first-order chi connectivity index (χ1) is 9.83. The lowest BCUT2D eigenvalue weighted by Gasteiger charge is -2.12. The van der Waals surface area contributed by atoms with Crippen LogP contribution in [0.25, 0.3) is 0 Å². The second-order valence-electron chi connectivity index (χ2n) is 3.73. The number of hydrogen-bond acceptors (Lipinski definition) is 5. The fraction of sp³-hybridized carbons (Fsp3) is 0.0909. The first-order valence-corrected chi connectivity index (χ1v) is 8.82. The zero-order valence-corrected chi connectivity index (χ0v) is 15.2. The first-order valence-electron chi connectivity index (χ1n) is 5.38. The number of rotatable bonds is 4. The van der Waals surface area contributed by atoms with Crippen molar-refractivity contribution >= 4 is 59.3 Å². The molecule has 112 valence electrons. The van der Waals surface area contributed by atoms with Gasteiger partial charge in [0, 0.05) is 11.1 Å². The Morgan fingerprint density at radius 1 is 1.33 bits per heavy atom. The predicted octanol–water partition coefficient (Wildman–Crippen LogP) is 3.46. The zero-order chi connectivity index (χ0) is 15.6. The molecule has 0 aliphatic carbocycles. The van der Waals surface area contributed by atoms with Gasteiger partial charge in [-0.1, -0.05) is 11.6 Å². The molecule has 1 heterocycles. The molecule has 0 amide bonds. The van der Waals surface area contributed by atoms with Gasteiger partial charge in [-0.3, -0.25) is 4.72 Å². The van der Waals surface area contributed by atoms with E-state index in [2.05, 4.69) is 46.5 Å². The fourth-order valence-corrected chi connectivity index (χ4v) is 3.83. The Bertz CT molecular complexity index is 786. The third-order valence-corrected chi connectivity index (χ3v) is 4.90. The van der Waals surface area contributed by atoms with Crippen molar-refractivity contribution in [2.45, 2.75) is 4.90 Å². The molecule has 0 fully saturated rings. The standard InChI is InChI=1S/C11H8Br2ClN3O3S/c1-20-7-4-6(14)2-3-8(7)21(18,19)17-11-10(13)16-9(12)5-15-11/h2-5H,1H3,(H,15,17). The molecule has 1 N–H and O–H groups in total. The number of nitrogens with one attached hydrogen (secondary N) is 1. The van der Waals surface area contributed by atoms with Crippen LogP contribution in [0.2, 0.25) is 5.02 Å².